The van der Waals surface area contributed by atoms with E-state index in [0.29, 0.717) is 25.9 Å². The van der Waals surface area contributed by atoms with Gasteiger partial charge in [-0.1, -0.05) is 0 Å². The van der Waals surface area contributed by atoms with Crippen LogP contribution < -0.4 is 71.2 Å². The Bertz CT molecular complexity index is 1230. The maximum atomic E-state index is 13.4. The van der Waals surface area contributed by atoms with Crippen LogP contribution in [0.5, 0.6) is 0 Å². The second kappa shape index (κ2) is 18.1. The average Bonchev–Trinajstić information content (AvgIpc) is 3.00. The first-order chi connectivity index (χ1) is 21.7. The maximum Gasteiger partial charge on any atom is 0.316 e. The van der Waals surface area contributed by atoms with Crippen molar-refractivity contribution in [2.45, 2.75) is 68.9 Å². The van der Waals surface area contributed by atoms with Crippen LogP contribution in [0.3, 0.4) is 0 Å². The molecule has 0 aromatic heterocycles. The van der Waals surface area contributed by atoms with Crippen molar-refractivity contribution < 1.29 is 33.6 Å². The van der Waals surface area contributed by atoms with Crippen molar-refractivity contribution >= 4 is 47.4 Å². The normalized spacial score (nSPS) is 26.6. The molecular formula is C25H44N14O7. The number of hydrogen-bond donors (Lipinski definition) is 13. The van der Waals surface area contributed by atoms with E-state index >= 15 is 0 Å². The fraction of sp³-hybridized carbons (Fsp3) is 0.600. The highest BCUT2D eigenvalue weighted by Gasteiger charge is 2.34. The molecule has 21 nitrogen and oxygen atoms in total. The molecule has 46 heavy (non-hydrogen) atoms. The molecule has 0 aromatic rings. The van der Waals surface area contributed by atoms with E-state index in [-0.39, 0.29) is 25.3 Å². The number of rotatable bonds is 9. The van der Waals surface area contributed by atoms with Crippen molar-refractivity contribution in [2.24, 2.45) is 33.7 Å². The van der Waals surface area contributed by atoms with Gasteiger partial charge in [-0.3, -0.25) is 28.8 Å². The number of nitrogens with zero attached hydrogens (tertiary/aromatic N) is 1. The molecule has 0 unspecified atom stereocenters. The smallest absolute Gasteiger partial charge is 0.316 e. The van der Waals surface area contributed by atoms with Crippen molar-refractivity contribution in [2.75, 3.05) is 26.2 Å². The van der Waals surface area contributed by atoms with E-state index in [2.05, 4.69) is 47.5 Å². The Morgan fingerprint density at radius 3 is 2.41 bits per heavy atom. The van der Waals surface area contributed by atoms with Crippen LogP contribution in [0.25, 0.3) is 0 Å². The summed E-state index contributed by atoms with van der Waals surface area (Å²) in [6.07, 6.45) is 2.00. The quantitative estimate of drug-likeness (QED) is 0.103. The van der Waals surface area contributed by atoms with Gasteiger partial charge >= 0.3 is 6.03 Å². The molecule has 2 rings (SSSR count). The Morgan fingerprint density at radius 1 is 1.04 bits per heavy atom. The number of urea groups is 1. The number of nitrogens with one attached hydrogen (secondary N) is 8. The zero-order valence-electron chi connectivity index (χ0n) is 25.4. The molecule has 21 heteroatoms. The molecule has 2 heterocycles. The Balaban J connectivity index is 2.43. The zero-order valence-corrected chi connectivity index (χ0v) is 25.4. The van der Waals surface area contributed by atoms with Crippen LogP contribution in [-0.4, -0.2) is 110 Å². The molecule has 0 aromatic carbocycles. The first kappa shape index (κ1) is 37.2. The lowest BCUT2D eigenvalue weighted by Crippen LogP contribution is -2.61. The predicted octanol–water partition coefficient (Wildman–Crippen LogP) is -7.21. The number of primary amides is 1. The third-order valence-corrected chi connectivity index (χ3v) is 6.81. The number of amides is 8. The Kier molecular flexibility index (Phi) is 14.6. The minimum absolute atomic E-state index is 0.0101. The summed E-state index contributed by atoms with van der Waals surface area (Å²) in [6.45, 7) is 1.17. The molecule has 0 bridgehead atoms. The Hall–Kier alpha value is -5.02. The van der Waals surface area contributed by atoms with Gasteiger partial charge in [-0.25, -0.2) is 9.79 Å². The molecule has 6 atom stereocenters. The number of hydrogen-bond acceptors (Lipinski definition) is 13. The van der Waals surface area contributed by atoms with Crippen molar-refractivity contribution in [3.63, 3.8) is 0 Å². The van der Waals surface area contributed by atoms with Crippen LogP contribution in [0, 0.1) is 0 Å². The van der Waals surface area contributed by atoms with Crippen LogP contribution in [0.1, 0.15) is 32.6 Å². The number of guanidine groups is 1. The lowest BCUT2D eigenvalue weighted by Gasteiger charge is -2.29. The summed E-state index contributed by atoms with van der Waals surface area (Å²) in [5, 5.41) is 19.3. The van der Waals surface area contributed by atoms with E-state index < -0.39 is 90.0 Å². The highest BCUT2D eigenvalue weighted by Crippen LogP contribution is 2.09. The van der Waals surface area contributed by atoms with Crippen molar-refractivity contribution in [3.8, 4) is 0 Å². The van der Waals surface area contributed by atoms with E-state index in [0.717, 1.165) is 6.20 Å². The monoisotopic (exact) mass is 652 g/mol. The van der Waals surface area contributed by atoms with Crippen LogP contribution in [0.4, 0.5) is 4.79 Å². The van der Waals surface area contributed by atoms with Gasteiger partial charge in [0, 0.05) is 38.3 Å². The minimum Gasteiger partial charge on any atom is -0.370 e. The number of carbonyl (C=O) groups excluding carboxylic acids is 7. The largest absolute Gasteiger partial charge is 0.370 e. The highest BCUT2D eigenvalue weighted by atomic mass is 16.2. The van der Waals surface area contributed by atoms with Crippen LogP contribution in [0.15, 0.2) is 16.9 Å². The van der Waals surface area contributed by atoms with Crippen molar-refractivity contribution in [3.05, 3.63) is 11.9 Å². The molecular weight excluding hydrogens is 608 g/mol. The Labute approximate surface area is 264 Å². The molecule has 0 aliphatic carbocycles. The van der Waals surface area contributed by atoms with Gasteiger partial charge < -0.3 is 71.2 Å². The van der Waals surface area contributed by atoms with Gasteiger partial charge in [0.1, 0.15) is 29.9 Å². The molecule has 1 fully saturated rings. The molecule has 256 valence electrons. The summed E-state index contributed by atoms with van der Waals surface area (Å²) >= 11 is 0. The van der Waals surface area contributed by atoms with Gasteiger partial charge in [-0.05, 0) is 32.7 Å². The second-order valence-corrected chi connectivity index (χ2v) is 10.6. The van der Waals surface area contributed by atoms with Gasteiger partial charge in [0.25, 0.3) is 5.91 Å². The molecule has 8 amide bonds. The number of aliphatic imine (C=N–C) groups is 1. The van der Waals surface area contributed by atoms with E-state index in [4.69, 9.17) is 28.7 Å². The van der Waals surface area contributed by atoms with E-state index in [9.17, 15) is 33.6 Å². The van der Waals surface area contributed by atoms with Crippen LogP contribution >= 0.6 is 0 Å². The van der Waals surface area contributed by atoms with Crippen molar-refractivity contribution in [1.82, 2.24) is 42.5 Å². The number of carbonyl (C=O) groups is 7. The SMILES string of the molecule is C[C@@H]1NC(=O)[C@@H](N)CNC(=O)[C@H]([C@H]2CCNC(N)=N2)NC(=O)C(=CNC(N)=O)NC(=O)[C@H](CNC(=O)C[C@@H](N)CCCN)NC1=O. The molecule has 0 saturated carbocycles. The summed E-state index contributed by atoms with van der Waals surface area (Å²) in [5.74, 6) is -5.07. The van der Waals surface area contributed by atoms with Gasteiger partial charge in [0.2, 0.25) is 29.5 Å². The standard InChI is InChI=1S/C25H44N14O7/c1-11-19(41)36-15(9-32-17(40)7-12(27)3-2-5-26)21(43)37-16(10-34-25(30)46)22(44)39-18(14-4-6-31-24(29)38-14)23(45)33-8-13(28)20(42)35-11/h10-15,18H,2-9,26-28H2,1H3,(H,32,40)(H,33,45)(H,35,42)(H,36,41)(H,37,43)(H,39,44)(H3,29,31,38)(H3,30,34,46)/t11-,12-,13-,14+,15-,18-/m0/s1. The first-order valence-electron chi connectivity index (χ1n) is 14.5. The third kappa shape index (κ3) is 12.2. The van der Waals surface area contributed by atoms with Crippen LogP contribution in [0.2, 0.25) is 0 Å². The third-order valence-electron chi connectivity index (χ3n) is 6.81. The lowest BCUT2D eigenvalue weighted by molar-refractivity contribution is -0.133. The van der Waals surface area contributed by atoms with Gasteiger partial charge in [-0.15, -0.1) is 0 Å². The molecule has 2 aliphatic heterocycles. The topological polar surface area (TPSA) is 358 Å². The second-order valence-electron chi connectivity index (χ2n) is 10.6. The van der Waals surface area contributed by atoms with E-state index in [1.807, 2.05) is 0 Å². The number of nitrogens with two attached hydrogens (primary N) is 5. The summed E-state index contributed by atoms with van der Waals surface area (Å²) in [5.41, 5.74) is 27.7. The van der Waals surface area contributed by atoms with Gasteiger partial charge in [0.05, 0.1) is 6.04 Å². The molecule has 2 aliphatic rings. The fourth-order valence-electron chi connectivity index (χ4n) is 4.27. The summed E-state index contributed by atoms with van der Waals surface area (Å²) in [6, 6.07) is -7.93. The fourth-order valence-corrected chi connectivity index (χ4v) is 4.27. The Morgan fingerprint density at radius 2 is 1.76 bits per heavy atom. The van der Waals surface area contributed by atoms with E-state index in [1.54, 1.807) is 0 Å². The summed E-state index contributed by atoms with van der Waals surface area (Å²) in [4.78, 5) is 93.9. The molecule has 18 N–H and O–H groups in total. The maximum absolute atomic E-state index is 13.4. The van der Waals surface area contributed by atoms with Crippen LogP contribution in [-0.2, 0) is 28.8 Å². The molecule has 0 spiro atoms. The van der Waals surface area contributed by atoms with Gasteiger partial charge in [-0.2, -0.15) is 0 Å². The minimum atomic E-state index is -1.52. The first-order valence-corrected chi connectivity index (χ1v) is 14.5. The van der Waals surface area contributed by atoms with E-state index in [1.165, 1.54) is 6.92 Å². The highest BCUT2D eigenvalue weighted by molar-refractivity contribution is 6.02. The average molecular weight is 653 g/mol. The predicted molar refractivity (Wildman–Crippen MR) is 163 cm³/mol. The molecule has 0 radical (unpaired) electrons. The molecule has 1 saturated heterocycles. The summed E-state index contributed by atoms with van der Waals surface area (Å²) in [7, 11) is 0. The zero-order chi connectivity index (χ0) is 34.4. The van der Waals surface area contributed by atoms with Gasteiger partial charge in [0.15, 0.2) is 5.96 Å². The summed E-state index contributed by atoms with van der Waals surface area (Å²) < 4.78 is 0. The lowest BCUT2D eigenvalue weighted by atomic mass is 10.0. The van der Waals surface area contributed by atoms with Crippen molar-refractivity contribution in [1.29, 1.82) is 0 Å².